The molecule has 0 aliphatic carbocycles. The van der Waals surface area contributed by atoms with E-state index >= 15 is 0 Å². The molecule has 9 heteroatoms. The zero-order valence-corrected chi connectivity index (χ0v) is 14.7. The number of hydrogen-bond acceptors (Lipinski definition) is 5. The fraction of sp³-hybridized carbons (Fsp3) is 0.438. The van der Waals surface area contributed by atoms with Crippen LogP contribution in [0, 0.1) is 0 Å². The van der Waals surface area contributed by atoms with Crippen LogP contribution < -0.4 is 10.0 Å². The highest BCUT2D eigenvalue weighted by Gasteiger charge is 2.29. The number of carbonyl (C=O) groups is 2. The molecule has 2 rings (SSSR count). The molecule has 1 atom stereocenters. The number of aliphatic carboxylic acids is 1. The van der Waals surface area contributed by atoms with Crippen LogP contribution in [0.15, 0.2) is 34.2 Å². The van der Waals surface area contributed by atoms with Gasteiger partial charge in [0.25, 0.3) is 10.0 Å². The maximum atomic E-state index is 11.9. The SMILES string of the molecule is CCCC(NC(=O)CCCN=C1NS(=O)(=O)c2ccccc21)C(=O)O. The monoisotopic (exact) mass is 367 g/mol. The Morgan fingerprint density at radius 3 is 2.72 bits per heavy atom. The fourth-order valence-corrected chi connectivity index (χ4v) is 3.75. The number of carboxylic acid groups (broad SMARTS) is 1. The van der Waals surface area contributed by atoms with Crippen LogP contribution in [0.2, 0.25) is 0 Å². The summed E-state index contributed by atoms with van der Waals surface area (Å²) < 4.78 is 26.3. The first-order valence-corrected chi connectivity index (χ1v) is 9.52. The lowest BCUT2D eigenvalue weighted by Crippen LogP contribution is -2.40. The van der Waals surface area contributed by atoms with Crippen molar-refractivity contribution in [1.29, 1.82) is 0 Å². The number of carboxylic acids is 1. The second-order valence-corrected chi connectivity index (χ2v) is 7.33. The Labute approximate surface area is 146 Å². The van der Waals surface area contributed by atoms with Crippen LogP contribution >= 0.6 is 0 Å². The highest BCUT2D eigenvalue weighted by Crippen LogP contribution is 2.22. The van der Waals surface area contributed by atoms with E-state index in [-0.39, 0.29) is 29.6 Å². The van der Waals surface area contributed by atoms with Gasteiger partial charge < -0.3 is 10.4 Å². The summed E-state index contributed by atoms with van der Waals surface area (Å²) in [6, 6.07) is 5.66. The average Bonchev–Trinajstić information content (AvgIpc) is 2.82. The number of nitrogens with one attached hydrogen (secondary N) is 2. The Kier molecular flexibility index (Phi) is 6.13. The van der Waals surface area contributed by atoms with Crippen LogP contribution in [0.25, 0.3) is 0 Å². The van der Waals surface area contributed by atoms with Crippen molar-refractivity contribution in [1.82, 2.24) is 10.0 Å². The summed E-state index contributed by atoms with van der Waals surface area (Å²) in [5.41, 5.74) is 0.515. The van der Waals surface area contributed by atoms with E-state index in [1.165, 1.54) is 6.07 Å². The van der Waals surface area contributed by atoms with Crippen molar-refractivity contribution < 1.29 is 23.1 Å². The molecular weight excluding hydrogens is 346 g/mol. The normalized spacial score (nSPS) is 17.6. The number of benzene rings is 1. The Balaban J connectivity index is 1.88. The van der Waals surface area contributed by atoms with Crippen LogP contribution in [0.3, 0.4) is 0 Å². The topological polar surface area (TPSA) is 125 Å². The first kappa shape index (κ1) is 18.9. The van der Waals surface area contributed by atoms with Gasteiger partial charge in [0.1, 0.15) is 11.9 Å². The molecule has 8 nitrogen and oxygen atoms in total. The van der Waals surface area contributed by atoms with Crippen LogP contribution in [0.5, 0.6) is 0 Å². The van der Waals surface area contributed by atoms with Gasteiger partial charge in [-0.05, 0) is 25.0 Å². The fourth-order valence-electron chi connectivity index (χ4n) is 2.49. The summed E-state index contributed by atoms with van der Waals surface area (Å²) in [5.74, 6) is -1.13. The Morgan fingerprint density at radius 2 is 2.04 bits per heavy atom. The van der Waals surface area contributed by atoms with Crippen molar-refractivity contribution in [3.63, 3.8) is 0 Å². The molecule has 1 aliphatic rings. The summed E-state index contributed by atoms with van der Waals surface area (Å²) >= 11 is 0. The van der Waals surface area contributed by atoms with E-state index in [9.17, 15) is 18.0 Å². The predicted molar refractivity (Wildman–Crippen MR) is 91.9 cm³/mol. The highest BCUT2D eigenvalue weighted by atomic mass is 32.2. The van der Waals surface area contributed by atoms with Crippen LogP contribution in [0.4, 0.5) is 0 Å². The molecule has 3 N–H and O–H groups in total. The number of sulfonamides is 1. The lowest BCUT2D eigenvalue weighted by molar-refractivity contribution is -0.142. The maximum Gasteiger partial charge on any atom is 0.326 e. The number of amides is 1. The van der Waals surface area contributed by atoms with Crippen LogP contribution in [0.1, 0.15) is 38.2 Å². The predicted octanol–water partition coefficient (Wildman–Crippen LogP) is 0.875. The van der Waals surface area contributed by atoms with Gasteiger partial charge in [-0.3, -0.25) is 14.5 Å². The van der Waals surface area contributed by atoms with Gasteiger partial charge in [-0.1, -0.05) is 25.5 Å². The van der Waals surface area contributed by atoms with Crippen molar-refractivity contribution in [2.24, 2.45) is 4.99 Å². The third kappa shape index (κ3) is 4.79. The largest absolute Gasteiger partial charge is 0.480 e. The summed E-state index contributed by atoms with van der Waals surface area (Å²) in [4.78, 5) is 27.2. The zero-order chi connectivity index (χ0) is 18.4. The second-order valence-electron chi connectivity index (χ2n) is 5.68. The van der Waals surface area contributed by atoms with Gasteiger partial charge in [-0.2, -0.15) is 0 Å². The molecule has 1 aromatic rings. The van der Waals surface area contributed by atoms with Gasteiger partial charge in [0, 0.05) is 18.5 Å². The van der Waals surface area contributed by atoms with E-state index in [0.29, 0.717) is 24.8 Å². The molecule has 1 amide bonds. The standard InChI is InChI=1S/C16H21N3O5S/c1-2-6-12(16(21)22)18-14(20)9-5-10-17-15-11-7-3-4-8-13(11)25(23,24)19-15/h3-4,7-8,12H,2,5-6,9-10H2,1H3,(H,17,19)(H,18,20)(H,21,22). The molecule has 1 aliphatic heterocycles. The Hall–Kier alpha value is -2.42. The first-order chi connectivity index (χ1) is 11.8. The maximum absolute atomic E-state index is 11.9. The third-order valence-corrected chi connectivity index (χ3v) is 5.10. The van der Waals surface area contributed by atoms with Crippen molar-refractivity contribution in [2.75, 3.05) is 6.54 Å². The zero-order valence-electron chi connectivity index (χ0n) is 13.9. The minimum absolute atomic E-state index is 0.124. The van der Waals surface area contributed by atoms with E-state index in [0.717, 1.165) is 0 Å². The van der Waals surface area contributed by atoms with E-state index in [4.69, 9.17) is 5.11 Å². The molecule has 1 unspecified atom stereocenters. The van der Waals surface area contributed by atoms with Crippen LogP contribution in [-0.4, -0.2) is 43.8 Å². The van der Waals surface area contributed by atoms with Crippen molar-refractivity contribution in [2.45, 2.75) is 43.5 Å². The number of aliphatic imine (C=N–C) groups is 1. The molecule has 1 heterocycles. The number of rotatable bonds is 8. The molecular formula is C16H21N3O5S. The lowest BCUT2D eigenvalue weighted by atomic mass is 10.1. The number of carbonyl (C=O) groups excluding carboxylic acids is 1. The molecule has 1 aromatic carbocycles. The summed E-state index contributed by atoms with van der Waals surface area (Å²) in [7, 11) is -3.57. The van der Waals surface area contributed by atoms with E-state index in [2.05, 4.69) is 15.0 Å². The van der Waals surface area contributed by atoms with Gasteiger partial charge in [0.2, 0.25) is 5.91 Å². The lowest BCUT2D eigenvalue weighted by Gasteiger charge is -2.13. The molecule has 25 heavy (non-hydrogen) atoms. The quantitative estimate of drug-likeness (QED) is 0.588. The molecule has 0 saturated heterocycles. The molecule has 0 bridgehead atoms. The van der Waals surface area contributed by atoms with E-state index < -0.39 is 22.0 Å². The highest BCUT2D eigenvalue weighted by molar-refractivity contribution is 7.90. The van der Waals surface area contributed by atoms with Crippen molar-refractivity contribution >= 4 is 27.7 Å². The van der Waals surface area contributed by atoms with Crippen molar-refractivity contribution in [3.05, 3.63) is 29.8 Å². The van der Waals surface area contributed by atoms with Gasteiger partial charge >= 0.3 is 5.97 Å². The van der Waals surface area contributed by atoms with Gasteiger partial charge in [-0.15, -0.1) is 0 Å². The minimum atomic E-state index is -3.57. The average molecular weight is 367 g/mol. The molecule has 0 saturated carbocycles. The number of hydrogen-bond donors (Lipinski definition) is 3. The molecule has 0 radical (unpaired) electrons. The number of amidine groups is 1. The van der Waals surface area contributed by atoms with Gasteiger partial charge in [0.05, 0.1) is 4.90 Å². The number of fused-ring (bicyclic) bond motifs is 1. The molecule has 136 valence electrons. The minimum Gasteiger partial charge on any atom is -0.480 e. The molecule has 0 fully saturated rings. The van der Waals surface area contributed by atoms with E-state index in [1.54, 1.807) is 18.2 Å². The second kappa shape index (κ2) is 8.11. The van der Waals surface area contributed by atoms with Gasteiger partial charge in [0.15, 0.2) is 0 Å². The summed E-state index contributed by atoms with van der Waals surface area (Å²) in [6.45, 7) is 2.10. The molecule has 0 aromatic heterocycles. The third-order valence-electron chi connectivity index (χ3n) is 3.71. The first-order valence-electron chi connectivity index (χ1n) is 8.04. The van der Waals surface area contributed by atoms with Crippen molar-refractivity contribution in [3.8, 4) is 0 Å². The Morgan fingerprint density at radius 1 is 1.32 bits per heavy atom. The number of nitrogens with zero attached hydrogens (tertiary/aromatic N) is 1. The molecule has 0 spiro atoms. The summed E-state index contributed by atoms with van der Waals surface area (Å²) in [6.07, 6.45) is 1.54. The van der Waals surface area contributed by atoms with Gasteiger partial charge in [-0.25, -0.2) is 13.2 Å². The summed E-state index contributed by atoms with van der Waals surface area (Å²) in [5, 5.41) is 11.5. The van der Waals surface area contributed by atoms with Crippen LogP contribution in [-0.2, 0) is 19.6 Å². The smallest absolute Gasteiger partial charge is 0.326 e. The van der Waals surface area contributed by atoms with E-state index in [1.807, 2.05) is 6.92 Å². The Bertz CT molecular complexity index is 789.